The topological polar surface area (TPSA) is 82.8 Å². The highest BCUT2D eigenvalue weighted by Crippen LogP contribution is 2.13. The van der Waals surface area contributed by atoms with Crippen molar-refractivity contribution in [3.63, 3.8) is 0 Å². The van der Waals surface area contributed by atoms with Gasteiger partial charge in [-0.15, -0.1) is 15.3 Å². The van der Waals surface area contributed by atoms with Crippen LogP contribution in [0.4, 0.5) is 0 Å². The van der Waals surface area contributed by atoms with Gasteiger partial charge in [0.05, 0.1) is 18.5 Å². The molecule has 2 aromatic rings. The van der Waals surface area contributed by atoms with Crippen LogP contribution < -0.4 is 0 Å². The molecule has 0 saturated carbocycles. The van der Waals surface area contributed by atoms with Gasteiger partial charge in [0.1, 0.15) is 5.01 Å². The first kappa shape index (κ1) is 12.4. The number of ether oxygens (including phenoxy) is 1. The lowest BCUT2D eigenvalue weighted by molar-refractivity contribution is 0.0525. The molecule has 8 heteroatoms. The fourth-order valence-corrected chi connectivity index (χ4v) is 1.82. The molecule has 0 aliphatic heterocycles. The van der Waals surface area contributed by atoms with E-state index in [0.29, 0.717) is 11.6 Å². The molecule has 0 bridgehead atoms. The fraction of sp³-hybridized carbons (Fsp3) is 0.300. The minimum absolute atomic E-state index is 0.250. The minimum Gasteiger partial charge on any atom is -0.461 e. The van der Waals surface area contributed by atoms with Crippen molar-refractivity contribution in [3.05, 3.63) is 21.9 Å². The van der Waals surface area contributed by atoms with Gasteiger partial charge in [-0.05, 0) is 19.1 Å². The molecule has 2 heterocycles. The third kappa shape index (κ3) is 2.77. The number of aryl methyl sites for hydroxylation is 1. The van der Waals surface area contributed by atoms with Crippen LogP contribution in [0.25, 0.3) is 12.2 Å². The average molecular weight is 265 g/mol. The van der Waals surface area contributed by atoms with Crippen LogP contribution >= 0.6 is 11.3 Å². The van der Waals surface area contributed by atoms with Crippen LogP contribution in [0.1, 0.15) is 27.4 Å². The monoisotopic (exact) mass is 265 g/mol. The molecular weight excluding hydrogens is 254 g/mol. The zero-order valence-corrected chi connectivity index (χ0v) is 10.7. The Morgan fingerprint density at radius 3 is 3.00 bits per heavy atom. The van der Waals surface area contributed by atoms with E-state index in [4.69, 9.17) is 4.74 Å². The first-order valence-electron chi connectivity index (χ1n) is 5.24. The molecule has 0 spiro atoms. The first-order valence-corrected chi connectivity index (χ1v) is 6.05. The molecule has 0 amide bonds. The molecule has 0 aromatic carbocycles. The van der Waals surface area contributed by atoms with E-state index in [9.17, 15) is 4.79 Å². The van der Waals surface area contributed by atoms with Crippen LogP contribution in [0.15, 0.2) is 6.20 Å². The molecule has 0 unspecified atom stereocenters. The highest BCUT2D eigenvalue weighted by molar-refractivity contribution is 7.14. The van der Waals surface area contributed by atoms with Gasteiger partial charge < -0.3 is 4.74 Å². The first-order chi connectivity index (χ1) is 8.70. The molecule has 0 aliphatic rings. The van der Waals surface area contributed by atoms with Crippen molar-refractivity contribution in [1.82, 2.24) is 25.2 Å². The Bertz CT molecular complexity index is 574. The van der Waals surface area contributed by atoms with Gasteiger partial charge in [-0.25, -0.2) is 9.48 Å². The van der Waals surface area contributed by atoms with E-state index in [1.54, 1.807) is 37.0 Å². The molecule has 0 aliphatic carbocycles. The Morgan fingerprint density at radius 2 is 2.33 bits per heavy atom. The van der Waals surface area contributed by atoms with Crippen LogP contribution in [0.3, 0.4) is 0 Å². The summed E-state index contributed by atoms with van der Waals surface area (Å²) in [5.41, 5.74) is 0.836. The molecule has 2 aromatic heterocycles. The summed E-state index contributed by atoms with van der Waals surface area (Å²) < 4.78 is 6.46. The van der Waals surface area contributed by atoms with E-state index in [2.05, 4.69) is 20.5 Å². The zero-order valence-electron chi connectivity index (χ0n) is 9.90. The number of hydrogen-bond acceptors (Lipinski definition) is 7. The number of nitrogens with zero attached hydrogens (tertiary/aromatic N) is 5. The lowest BCUT2D eigenvalue weighted by atomic mass is 10.4. The number of rotatable bonds is 4. The molecule has 18 heavy (non-hydrogen) atoms. The van der Waals surface area contributed by atoms with Crippen LogP contribution in [0.2, 0.25) is 0 Å². The van der Waals surface area contributed by atoms with Gasteiger partial charge in [-0.3, -0.25) is 0 Å². The maximum absolute atomic E-state index is 11.4. The highest BCUT2D eigenvalue weighted by atomic mass is 32.1. The second-order valence-corrected chi connectivity index (χ2v) is 4.29. The van der Waals surface area contributed by atoms with Gasteiger partial charge >= 0.3 is 5.97 Å². The van der Waals surface area contributed by atoms with E-state index in [-0.39, 0.29) is 5.01 Å². The van der Waals surface area contributed by atoms with Crippen LogP contribution in [-0.2, 0) is 11.8 Å². The van der Waals surface area contributed by atoms with Crippen LogP contribution in [0.5, 0.6) is 0 Å². The predicted molar refractivity (Wildman–Crippen MR) is 65.8 cm³/mol. The third-order valence-corrected chi connectivity index (χ3v) is 2.91. The van der Waals surface area contributed by atoms with Crippen molar-refractivity contribution in [1.29, 1.82) is 0 Å². The van der Waals surface area contributed by atoms with Gasteiger partial charge in [-0.2, -0.15) is 0 Å². The van der Waals surface area contributed by atoms with Crippen molar-refractivity contribution < 1.29 is 9.53 Å². The van der Waals surface area contributed by atoms with E-state index < -0.39 is 5.97 Å². The quantitative estimate of drug-likeness (QED) is 0.767. The normalized spacial score (nSPS) is 11.0. The van der Waals surface area contributed by atoms with Gasteiger partial charge in [0.2, 0.25) is 5.01 Å². The molecule has 94 valence electrons. The Balaban J connectivity index is 2.09. The number of esters is 1. The number of carbonyl (C=O) groups excluding carboxylic acids is 1. The molecule has 2 rings (SSSR count). The van der Waals surface area contributed by atoms with Gasteiger partial charge in [-0.1, -0.05) is 16.6 Å². The van der Waals surface area contributed by atoms with Crippen molar-refractivity contribution in [3.8, 4) is 0 Å². The second kappa shape index (κ2) is 5.50. The van der Waals surface area contributed by atoms with Crippen molar-refractivity contribution >= 4 is 29.5 Å². The predicted octanol–water partition coefficient (Wildman–Crippen LogP) is 1.01. The van der Waals surface area contributed by atoms with Crippen molar-refractivity contribution in [2.45, 2.75) is 6.92 Å². The van der Waals surface area contributed by atoms with Gasteiger partial charge in [0, 0.05) is 7.05 Å². The Kier molecular flexibility index (Phi) is 3.78. The van der Waals surface area contributed by atoms with E-state index in [1.807, 2.05) is 0 Å². The maximum Gasteiger partial charge on any atom is 0.369 e. The summed E-state index contributed by atoms with van der Waals surface area (Å²) in [6, 6.07) is 0. The van der Waals surface area contributed by atoms with Crippen molar-refractivity contribution in [2.75, 3.05) is 6.61 Å². The SMILES string of the molecule is CCOC(=O)c1nnc(/C=C/c2cnnn2C)s1. The second-order valence-electron chi connectivity index (χ2n) is 3.28. The van der Waals surface area contributed by atoms with Crippen LogP contribution in [-0.4, -0.2) is 37.8 Å². The summed E-state index contributed by atoms with van der Waals surface area (Å²) in [7, 11) is 1.79. The minimum atomic E-state index is -0.447. The smallest absolute Gasteiger partial charge is 0.369 e. The number of hydrogen-bond donors (Lipinski definition) is 0. The molecule has 7 nitrogen and oxygen atoms in total. The highest BCUT2D eigenvalue weighted by Gasteiger charge is 2.12. The average Bonchev–Trinajstić information content (AvgIpc) is 2.96. The summed E-state index contributed by atoms with van der Waals surface area (Å²) in [5, 5.41) is 16.1. The Labute approximate surface area is 107 Å². The summed E-state index contributed by atoms with van der Waals surface area (Å²) in [5.74, 6) is -0.447. The van der Waals surface area contributed by atoms with Gasteiger partial charge in [0.25, 0.3) is 0 Å². The zero-order chi connectivity index (χ0) is 13.0. The Hall–Kier alpha value is -2.09. The lowest BCUT2D eigenvalue weighted by Gasteiger charge is -1.94. The molecule has 0 saturated heterocycles. The van der Waals surface area contributed by atoms with Gasteiger partial charge in [0.15, 0.2) is 0 Å². The molecule has 0 radical (unpaired) electrons. The van der Waals surface area contributed by atoms with Crippen molar-refractivity contribution in [2.24, 2.45) is 7.05 Å². The lowest BCUT2D eigenvalue weighted by Crippen LogP contribution is -2.03. The van der Waals surface area contributed by atoms with E-state index in [1.165, 1.54) is 11.3 Å². The van der Waals surface area contributed by atoms with Crippen LogP contribution in [0, 0.1) is 0 Å². The standard InChI is InChI=1S/C10H11N5O2S/c1-3-17-10(16)9-13-12-8(18-9)5-4-7-6-11-14-15(7)2/h4-6H,3H2,1-2H3/b5-4+. The summed E-state index contributed by atoms with van der Waals surface area (Å²) >= 11 is 1.17. The summed E-state index contributed by atoms with van der Waals surface area (Å²) in [6.45, 7) is 2.07. The number of aromatic nitrogens is 5. The summed E-state index contributed by atoms with van der Waals surface area (Å²) in [4.78, 5) is 11.4. The largest absolute Gasteiger partial charge is 0.461 e. The third-order valence-electron chi connectivity index (χ3n) is 2.04. The summed E-state index contributed by atoms with van der Waals surface area (Å²) in [6.07, 6.45) is 5.18. The van der Waals surface area contributed by atoms with E-state index in [0.717, 1.165) is 5.69 Å². The molecule has 0 N–H and O–H groups in total. The van der Waals surface area contributed by atoms with E-state index >= 15 is 0 Å². The molecule has 0 atom stereocenters. The maximum atomic E-state index is 11.4. The molecule has 0 fully saturated rings. The molecular formula is C10H11N5O2S. The fourth-order valence-electron chi connectivity index (χ4n) is 1.18. The Morgan fingerprint density at radius 1 is 1.50 bits per heavy atom. The number of carbonyl (C=O) groups is 1.